The van der Waals surface area contributed by atoms with Crippen LogP contribution >= 0.6 is 23.1 Å². The van der Waals surface area contributed by atoms with E-state index in [1.165, 1.54) is 23.1 Å². The SMILES string of the molecule is O=C1OCCC1Sc1nc2ccsc2c(=O)n1-c1ccccc1. The fourth-order valence-corrected chi connectivity index (χ4v) is 4.32. The molecule has 0 spiro atoms. The number of hydrogen-bond acceptors (Lipinski definition) is 6. The predicted molar refractivity (Wildman–Crippen MR) is 90.4 cm³/mol. The minimum atomic E-state index is -0.312. The Hall–Kier alpha value is -2.12. The van der Waals surface area contributed by atoms with Gasteiger partial charge in [-0.25, -0.2) is 4.98 Å². The van der Waals surface area contributed by atoms with Crippen LogP contribution in [-0.2, 0) is 9.53 Å². The van der Waals surface area contributed by atoms with Crippen molar-refractivity contribution >= 4 is 39.3 Å². The third kappa shape index (κ3) is 2.55. The van der Waals surface area contributed by atoms with Gasteiger partial charge in [0.1, 0.15) is 9.95 Å². The largest absolute Gasteiger partial charge is 0.465 e. The molecule has 0 aliphatic carbocycles. The zero-order chi connectivity index (χ0) is 15.8. The molecule has 1 fully saturated rings. The van der Waals surface area contributed by atoms with Crippen LogP contribution in [0.1, 0.15) is 6.42 Å². The van der Waals surface area contributed by atoms with E-state index in [0.717, 1.165) is 5.69 Å². The molecule has 7 heteroatoms. The van der Waals surface area contributed by atoms with E-state index in [-0.39, 0.29) is 16.8 Å². The molecule has 1 aromatic carbocycles. The molecule has 1 unspecified atom stereocenters. The molecule has 0 radical (unpaired) electrons. The van der Waals surface area contributed by atoms with Gasteiger partial charge >= 0.3 is 5.97 Å². The molecule has 116 valence electrons. The number of ether oxygens (including phenoxy) is 1. The predicted octanol–water partition coefficient (Wildman–Crippen LogP) is 2.85. The molecular formula is C16H12N2O3S2. The van der Waals surface area contributed by atoms with E-state index in [2.05, 4.69) is 4.98 Å². The van der Waals surface area contributed by atoms with Crippen molar-refractivity contribution in [3.63, 3.8) is 0 Å². The number of para-hydroxylation sites is 1. The first-order chi connectivity index (χ1) is 11.2. The van der Waals surface area contributed by atoms with Gasteiger partial charge in [0, 0.05) is 6.42 Å². The van der Waals surface area contributed by atoms with Gasteiger partial charge in [0.15, 0.2) is 5.16 Å². The maximum Gasteiger partial charge on any atom is 0.319 e. The van der Waals surface area contributed by atoms with Gasteiger partial charge in [-0.3, -0.25) is 14.2 Å². The summed E-state index contributed by atoms with van der Waals surface area (Å²) in [6.45, 7) is 0.423. The summed E-state index contributed by atoms with van der Waals surface area (Å²) in [5, 5.41) is 2.07. The van der Waals surface area contributed by atoms with Gasteiger partial charge in [0.25, 0.3) is 5.56 Å². The zero-order valence-corrected chi connectivity index (χ0v) is 13.6. The number of benzene rings is 1. The van der Waals surface area contributed by atoms with Crippen LogP contribution in [0.15, 0.2) is 51.7 Å². The first-order valence-corrected chi connectivity index (χ1v) is 8.89. The van der Waals surface area contributed by atoms with Crippen molar-refractivity contribution in [1.82, 2.24) is 9.55 Å². The van der Waals surface area contributed by atoms with Crippen LogP contribution in [0.2, 0.25) is 0 Å². The molecule has 3 heterocycles. The van der Waals surface area contributed by atoms with E-state index in [9.17, 15) is 9.59 Å². The van der Waals surface area contributed by atoms with Crippen LogP contribution in [0.4, 0.5) is 0 Å². The summed E-state index contributed by atoms with van der Waals surface area (Å²) >= 11 is 2.67. The Morgan fingerprint density at radius 1 is 1.22 bits per heavy atom. The highest BCUT2D eigenvalue weighted by Gasteiger charge is 2.29. The molecule has 5 nitrogen and oxygen atoms in total. The molecule has 23 heavy (non-hydrogen) atoms. The second-order valence-corrected chi connectivity index (χ2v) is 7.15. The number of thioether (sulfide) groups is 1. The Labute approximate surface area is 139 Å². The highest BCUT2D eigenvalue weighted by atomic mass is 32.2. The van der Waals surface area contributed by atoms with E-state index >= 15 is 0 Å². The molecule has 4 rings (SSSR count). The Morgan fingerprint density at radius 2 is 2.04 bits per heavy atom. The van der Waals surface area contributed by atoms with Crippen molar-refractivity contribution in [2.75, 3.05) is 6.61 Å². The number of carbonyl (C=O) groups is 1. The quantitative estimate of drug-likeness (QED) is 0.540. The van der Waals surface area contributed by atoms with Crippen molar-refractivity contribution < 1.29 is 9.53 Å². The molecule has 1 saturated heterocycles. The van der Waals surface area contributed by atoms with E-state index in [0.29, 0.717) is 28.4 Å². The third-order valence-electron chi connectivity index (χ3n) is 3.60. The molecule has 3 aromatic rings. The third-order valence-corrected chi connectivity index (χ3v) is 5.69. The van der Waals surface area contributed by atoms with Crippen molar-refractivity contribution in [2.45, 2.75) is 16.8 Å². The Kier molecular flexibility index (Phi) is 3.66. The minimum Gasteiger partial charge on any atom is -0.465 e. The molecule has 0 amide bonds. The number of carbonyl (C=O) groups excluding carboxylic acids is 1. The molecule has 2 aromatic heterocycles. The average Bonchev–Trinajstić information content (AvgIpc) is 3.18. The van der Waals surface area contributed by atoms with Crippen molar-refractivity contribution in [2.24, 2.45) is 0 Å². The van der Waals surface area contributed by atoms with Crippen LogP contribution in [-0.4, -0.2) is 27.4 Å². The summed E-state index contributed by atoms with van der Waals surface area (Å²) in [4.78, 5) is 29.2. The fourth-order valence-electron chi connectivity index (χ4n) is 2.49. The number of cyclic esters (lactones) is 1. The highest BCUT2D eigenvalue weighted by Crippen LogP contribution is 2.30. The molecule has 0 saturated carbocycles. The van der Waals surface area contributed by atoms with Crippen LogP contribution < -0.4 is 5.56 Å². The van der Waals surface area contributed by atoms with E-state index < -0.39 is 0 Å². The summed E-state index contributed by atoms with van der Waals surface area (Å²) in [5.41, 5.74) is 1.31. The van der Waals surface area contributed by atoms with Crippen LogP contribution in [0, 0.1) is 0 Å². The normalized spacial score (nSPS) is 17.6. The summed E-state index contributed by atoms with van der Waals surface area (Å²) in [7, 11) is 0. The molecular weight excluding hydrogens is 332 g/mol. The maximum absolute atomic E-state index is 12.9. The lowest BCUT2D eigenvalue weighted by molar-refractivity contribution is -0.137. The van der Waals surface area contributed by atoms with Crippen LogP contribution in [0.3, 0.4) is 0 Å². The van der Waals surface area contributed by atoms with Gasteiger partial charge in [0.05, 0.1) is 17.8 Å². The number of hydrogen-bond donors (Lipinski definition) is 0. The van der Waals surface area contributed by atoms with Gasteiger partial charge < -0.3 is 4.74 Å². The number of rotatable bonds is 3. The van der Waals surface area contributed by atoms with Gasteiger partial charge in [-0.1, -0.05) is 30.0 Å². The Bertz CT molecular complexity index is 933. The molecule has 1 aliphatic rings. The fraction of sp³-hybridized carbons (Fsp3) is 0.188. The van der Waals surface area contributed by atoms with Crippen molar-refractivity contribution in [3.8, 4) is 5.69 Å². The van der Waals surface area contributed by atoms with Crippen LogP contribution in [0.5, 0.6) is 0 Å². The lowest BCUT2D eigenvalue weighted by Crippen LogP contribution is -2.22. The summed E-state index contributed by atoms with van der Waals surface area (Å²) < 4.78 is 7.21. The van der Waals surface area contributed by atoms with Gasteiger partial charge in [-0.05, 0) is 23.6 Å². The van der Waals surface area contributed by atoms with E-state index in [1.54, 1.807) is 4.57 Å². The lowest BCUT2D eigenvalue weighted by atomic mass is 10.3. The summed E-state index contributed by atoms with van der Waals surface area (Å²) in [5.74, 6) is -0.241. The van der Waals surface area contributed by atoms with Crippen molar-refractivity contribution in [1.29, 1.82) is 0 Å². The molecule has 1 aliphatic heterocycles. The zero-order valence-electron chi connectivity index (χ0n) is 12.0. The summed E-state index contributed by atoms with van der Waals surface area (Å²) in [6.07, 6.45) is 0.635. The smallest absolute Gasteiger partial charge is 0.319 e. The molecule has 0 N–H and O–H groups in total. The number of nitrogens with zero attached hydrogens (tertiary/aromatic N) is 2. The van der Waals surface area contributed by atoms with Crippen LogP contribution in [0.25, 0.3) is 15.9 Å². The first kappa shape index (κ1) is 14.5. The average molecular weight is 344 g/mol. The van der Waals surface area contributed by atoms with Gasteiger partial charge in [0.2, 0.25) is 0 Å². The number of aromatic nitrogens is 2. The van der Waals surface area contributed by atoms with Crippen molar-refractivity contribution in [3.05, 3.63) is 52.1 Å². The Morgan fingerprint density at radius 3 is 2.78 bits per heavy atom. The summed E-state index contributed by atoms with van der Waals surface area (Å²) in [6, 6.07) is 11.2. The van der Waals surface area contributed by atoms with E-state index in [1.807, 2.05) is 41.8 Å². The highest BCUT2D eigenvalue weighted by molar-refractivity contribution is 8.00. The lowest BCUT2D eigenvalue weighted by Gasteiger charge is -2.13. The second-order valence-electron chi connectivity index (χ2n) is 5.07. The van der Waals surface area contributed by atoms with Gasteiger partial charge in [-0.15, -0.1) is 11.3 Å². The van der Waals surface area contributed by atoms with E-state index in [4.69, 9.17) is 4.74 Å². The molecule has 1 atom stereocenters. The topological polar surface area (TPSA) is 61.2 Å². The standard InChI is InChI=1S/C16H12N2O3S2/c19-14-13-11(7-9-22-13)17-16(23-12-6-8-21-15(12)20)18(14)10-4-2-1-3-5-10/h1-5,7,9,12H,6,8H2. The Balaban J connectivity index is 1.90. The second kappa shape index (κ2) is 5.82. The first-order valence-electron chi connectivity index (χ1n) is 7.13. The minimum absolute atomic E-state index is 0.106. The molecule has 0 bridgehead atoms. The number of esters is 1. The van der Waals surface area contributed by atoms with Gasteiger partial charge in [-0.2, -0.15) is 0 Å². The maximum atomic E-state index is 12.9. The number of thiophene rings is 1. The number of fused-ring (bicyclic) bond motifs is 1. The monoisotopic (exact) mass is 344 g/mol.